The number of aliphatic carboxylic acids is 1. The standard InChI is InChI=1S/C16H18N4O3S/c1-10-6-12(15(21)22)8-20(7-10)16(23)17-13-4-2-11(3-5-13)14-9-24-19-18-14/h2-5,9-10,12H,6-8H2,1H3,(H,17,23)(H,21,22). The molecule has 0 aliphatic carbocycles. The molecule has 0 spiro atoms. The van der Waals surface area contributed by atoms with Gasteiger partial charge >= 0.3 is 12.0 Å². The Balaban J connectivity index is 1.65. The average molecular weight is 346 g/mol. The summed E-state index contributed by atoms with van der Waals surface area (Å²) in [6, 6.07) is 7.07. The van der Waals surface area contributed by atoms with Crippen LogP contribution in [0.25, 0.3) is 11.3 Å². The van der Waals surface area contributed by atoms with Gasteiger partial charge in [-0.15, -0.1) is 5.10 Å². The number of likely N-dealkylation sites (tertiary alicyclic amines) is 1. The third kappa shape index (κ3) is 3.70. The van der Waals surface area contributed by atoms with Gasteiger partial charge in [0.15, 0.2) is 0 Å². The molecule has 126 valence electrons. The fourth-order valence-electron chi connectivity index (χ4n) is 2.91. The fourth-order valence-corrected chi connectivity index (χ4v) is 3.38. The molecule has 1 fully saturated rings. The minimum Gasteiger partial charge on any atom is -0.481 e. The zero-order valence-corrected chi connectivity index (χ0v) is 14.0. The van der Waals surface area contributed by atoms with E-state index in [1.54, 1.807) is 17.0 Å². The number of hydrogen-bond donors (Lipinski definition) is 2. The molecular formula is C16H18N4O3S. The van der Waals surface area contributed by atoms with E-state index >= 15 is 0 Å². The molecule has 8 heteroatoms. The van der Waals surface area contributed by atoms with Crippen LogP contribution in [0.1, 0.15) is 13.3 Å². The van der Waals surface area contributed by atoms with Crippen LogP contribution in [0.15, 0.2) is 29.6 Å². The van der Waals surface area contributed by atoms with Crippen molar-refractivity contribution in [3.05, 3.63) is 29.6 Å². The second kappa shape index (κ2) is 6.96. The summed E-state index contributed by atoms with van der Waals surface area (Å²) in [6.07, 6.45) is 0.607. The topological polar surface area (TPSA) is 95.4 Å². The first-order valence-electron chi connectivity index (χ1n) is 7.69. The lowest BCUT2D eigenvalue weighted by molar-refractivity contribution is -0.143. The number of urea groups is 1. The lowest BCUT2D eigenvalue weighted by atomic mass is 9.91. The Morgan fingerprint density at radius 2 is 2.04 bits per heavy atom. The van der Waals surface area contributed by atoms with Gasteiger partial charge in [0.1, 0.15) is 5.69 Å². The normalized spacial score (nSPS) is 20.6. The summed E-state index contributed by atoms with van der Waals surface area (Å²) in [5, 5.41) is 17.9. The molecule has 1 aromatic heterocycles. The lowest BCUT2D eigenvalue weighted by Crippen LogP contribution is -2.47. The van der Waals surface area contributed by atoms with Gasteiger partial charge in [-0.05, 0) is 36.0 Å². The van der Waals surface area contributed by atoms with Crippen LogP contribution in [-0.2, 0) is 4.79 Å². The summed E-state index contributed by atoms with van der Waals surface area (Å²) in [7, 11) is 0. The number of hydrogen-bond acceptors (Lipinski definition) is 5. The van der Waals surface area contributed by atoms with Crippen molar-refractivity contribution in [1.29, 1.82) is 0 Å². The van der Waals surface area contributed by atoms with E-state index in [-0.39, 0.29) is 18.5 Å². The first-order valence-corrected chi connectivity index (χ1v) is 8.53. The first kappa shape index (κ1) is 16.4. The van der Waals surface area contributed by atoms with Crippen LogP contribution in [0.4, 0.5) is 10.5 Å². The molecule has 3 rings (SSSR count). The number of rotatable bonds is 3. The van der Waals surface area contributed by atoms with Crippen LogP contribution in [0.3, 0.4) is 0 Å². The summed E-state index contributed by atoms with van der Waals surface area (Å²) >= 11 is 1.29. The molecule has 24 heavy (non-hydrogen) atoms. The number of piperidine rings is 1. The van der Waals surface area contributed by atoms with Crippen molar-refractivity contribution in [2.45, 2.75) is 13.3 Å². The van der Waals surface area contributed by atoms with Gasteiger partial charge in [0.2, 0.25) is 0 Å². The zero-order chi connectivity index (χ0) is 17.1. The highest BCUT2D eigenvalue weighted by Gasteiger charge is 2.31. The second-order valence-electron chi connectivity index (χ2n) is 6.08. The van der Waals surface area contributed by atoms with Crippen LogP contribution in [0, 0.1) is 11.8 Å². The molecule has 2 heterocycles. The number of nitrogens with zero attached hydrogens (tertiary/aromatic N) is 3. The minimum atomic E-state index is -0.847. The summed E-state index contributed by atoms with van der Waals surface area (Å²) in [6.45, 7) is 2.78. The van der Waals surface area contributed by atoms with Crippen molar-refractivity contribution in [3.8, 4) is 11.3 Å². The molecular weight excluding hydrogens is 328 g/mol. The molecule has 0 radical (unpaired) electrons. The molecule has 2 unspecified atom stereocenters. The Bertz CT molecular complexity index is 717. The van der Waals surface area contributed by atoms with Gasteiger partial charge in [0, 0.05) is 29.7 Å². The number of anilines is 1. The Labute approximate surface area is 143 Å². The van der Waals surface area contributed by atoms with Crippen LogP contribution in [0.2, 0.25) is 0 Å². The lowest BCUT2D eigenvalue weighted by Gasteiger charge is -2.34. The van der Waals surface area contributed by atoms with Crippen molar-refractivity contribution in [3.63, 3.8) is 0 Å². The van der Waals surface area contributed by atoms with Crippen LogP contribution >= 0.6 is 11.5 Å². The number of carboxylic acids is 1. The number of nitrogens with one attached hydrogen (secondary N) is 1. The Morgan fingerprint density at radius 3 is 2.67 bits per heavy atom. The number of benzene rings is 1. The molecule has 1 saturated heterocycles. The summed E-state index contributed by atoms with van der Waals surface area (Å²) in [5.41, 5.74) is 2.39. The van der Waals surface area contributed by atoms with Crippen LogP contribution < -0.4 is 5.32 Å². The molecule has 0 bridgehead atoms. The molecule has 1 aliphatic heterocycles. The highest BCUT2D eigenvalue weighted by molar-refractivity contribution is 7.03. The number of carboxylic acid groups (broad SMARTS) is 1. The van der Waals surface area contributed by atoms with E-state index in [1.165, 1.54) is 11.5 Å². The zero-order valence-electron chi connectivity index (χ0n) is 13.2. The van der Waals surface area contributed by atoms with E-state index in [1.807, 2.05) is 24.4 Å². The van der Waals surface area contributed by atoms with E-state index < -0.39 is 11.9 Å². The Hall–Kier alpha value is -2.48. The largest absolute Gasteiger partial charge is 0.481 e. The second-order valence-corrected chi connectivity index (χ2v) is 6.69. The maximum Gasteiger partial charge on any atom is 0.321 e. The summed E-state index contributed by atoms with van der Waals surface area (Å²) in [4.78, 5) is 25.2. The predicted molar refractivity (Wildman–Crippen MR) is 90.8 cm³/mol. The van der Waals surface area contributed by atoms with E-state index in [0.29, 0.717) is 18.7 Å². The van der Waals surface area contributed by atoms with Crippen molar-refractivity contribution < 1.29 is 14.7 Å². The summed E-state index contributed by atoms with van der Waals surface area (Å²) < 4.78 is 3.83. The molecule has 7 nitrogen and oxygen atoms in total. The van der Waals surface area contributed by atoms with Crippen molar-refractivity contribution in [2.24, 2.45) is 11.8 Å². The number of carbonyl (C=O) groups is 2. The third-order valence-corrected chi connectivity index (χ3v) is 4.59. The molecule has 0 saturated carbocycles. The Morgan fingerprint density at radius 1 is 1.29 bits per heavy atom. The molecule has 2 amide bonds. The molecule has 2 N–H and O–H groups in total. The first-order chi connectivity index (χ1) is 11.5. The van der Waals surface area contributed by atoms with Gasteiger partial charge in [0.05, 0.1) is 5.92 Å². The predicted octanol–water partition coefficient (Wildman–Crippen LogP) is 2.78. The number of aromatic nitrogens is 2. The van der Waals surface area contributed by atoms with E-state index in [0.717, 1.165) is 11.3 Å². The average Bonchev–Trinajstić information content (AvgIpc) is 3.09. The summed E-state index contributed by atoms with van der Waals surface area (Å²) in [5.74, 6) is -1.18. The molecule has 2 atom stereocenters. The molecule has 1 aromatic carbocycles. The molecule has 2 aromatic rings. The quantitative estimate of drug-likeness (QED) is 0.891. The molecule has 1 aliphatic rings. The van der Waals surface area contributed by atoms with Crippen LogP contribution in [-0.4, -0.2) is 44.7 Å². The third-order valence-electron chi connectivity index (χ3n) is 4.09. The number of carbonyl (C=O) groups excluding carboxylic acids is 1. The van der Waals surface area contributed by atoms with Crippen molar-refractivity contribution in [2.75, 3.05) is 18.4 Å². The van der Waals surface area contributed by atoms with E-state index in [4.69, 9.17) is 0 Å². The highest BCUT2D eigenvalue weighted by atomic mass is 32.1. The van der Waals surface area contributed by atoms with Crippen molar-refractivity contribution in [1.82, 2.24) is 14.5 Å². The van der Waals surface area contributed by atoms with Gasteiger partial charge in [-0.2, -0.15) is 0 Å². The Kier molecular flexibility index (Phi) is 4.75. The fraction of sp³-hybridized carbons (Fsp3) is 0.375. The van der Waals surface area contributed by atoms with Crippen molar-refractivity contribution >= 4 is 29.2 Å². The maximum atomic E-state index is 12.4. The monoisotopic (exact) mass is 346 g/mol. The SMILES string of the molecule is CC1CC(C(=O)O)CN(C(=O)Nc2ccc(-c3csnn3)cc2)C1. The number of amides is 2. The van der Waals surface area contributed by atoms with Gasteiger partial charge in [-0.1, -0.05) is 23.5 Å². The van der Waals surface area contributed by atoms with Gasteiger partial charge in [-0.25, -0.2) is 4.79 Å². The minimum absolute atomic E-state index is 0.171. The van der Waals surface area contributed by atoms with E-state index in [2.05, 4.69) is 14.9 Å². The van der Waals surface area contributed by atoms with Gasteiger partial charge in [-0.3, -0.25) is 4.79 Å². The smallest absolute Gasteiger partial charge is 0.321 e. The van der Waals surface area contributed by atoms with E-state index in [9.17, 15) is 14.7 Å². The van der Waals surface area contributed by atoms with Gasteiger partial charge in [0.25, 0.3) is 0 Å². The maximum absolute atomic E-state index is 12.4. The van der Waals surface area contributed by atoms with Crippen LogP contribution in [0.5, 0.6) is 0 Å². The highest BCUT2D eigenvalue weighted by Crippen LogP contribution is 2.23. The van der Waals surface area contributed by atoms with Gasteiger partial charge < -0.3 is 15.3 Å².